The molecule has 1 aliphatic rings. The number of hydrogen-bond acceptors (Lipinski definition) is 9. The SMILES string of the molecule is CCOc1cc([C@@H]2NC(=O)NC(C)=C2C(=O)OC)ccc1OC[C@@H](O)N/N=C/c1cccc(OC(C)C)c1. The number of methoxy groups -OCH3 is 1. The van der Waals surface area contributed by atoms with Crippen LogP contribution < -0.4 is 30.3 Å². The number of ether oxygens (including phenoxy) is 4. The van der Waals surface area contributed by atoms with Crippen molar-refractivity contribution in [2.24, 2.45) is 5.10 Å². The quantitative estimate of drug-likeness (QED) is 0.143. The number of hydrogen-bond donors (Lipinski definition) is 4. The predicted molar refractivity (Wildman–Crippen MR) is 141 cm³/mol. The standard InChI is InChI=1S/C27H34N4O7/c1-6-36-22-13-19(25-24(26(33)35-5)17(4)29-27(34)30-25)10-11-21(22)37-15-23(32)31-28-14-18-8-7-9-20(12-18)38-16(2)3/h7-14,16,23,25,31-32H,6,15H2,1-5H3,(H2,29,30,34)/b28-14+/t23-,25+/m1/s1. The number of nitrogens with one attached hydrogen (secondary N) is 3. The van der Waals surface area contributed by atoms with Gasteiger partial charge >= 0.3 is 12.0 Å². The molecule has 0 fully saturated rings. The number of rotatable bonds is 12. The Kier molecular flexibility index (Phi) is 9.94. The minimum Gasteiger partial charge on any atom is -0.491 e. The van der Waals surface area contributed by atoms with Gasteiger partial charge in [0, 0.05) is 5.70 Å². The maximum Gasteiger partial charge on any atom is 0.337 e. The molecular weight excluding hydrogens is 492 g/mol. The van der Waals surface area contributed by atoms with E-state index in [1.165, 1.54) is 7.11 Å². The third-order valence-corrected chi connectivity index (χ3v) is 5.34. The Morgan fingerprint density at radius 1 is 1.18 bits per heavy atom. The Labute approximate surface area is 221 Å². The second kappa shape index (κ2) is 13.3. The number of carbonyl (C=O) groups is 2. The van der Waals surface area contributed by atoms with Crippen molar-refractivity contribution < 1.29 is 33.6 Å². The van der Waals surface area contributed by atoms with Crippen LogP contribution >= 0.6 is 0 Å². The molecule has 3 rings (SSSR count). The van der Waals surface area contributed by atoms with Gasteiger partial charge in [-0.1, -0.05) is 18.2 Å². The molecule has 2 amide bonds. The minimum absolute atomic E-state index is 0.0591. The molecule has 2 atom stereocenters. The first-order valence-electron chi connectivity index (χ1n) is 12.2. The third-order valence-electron chi connectivity index (χ3n) is 5.34. The van der Waals surface area contributed by atoms with Gasteiger partial charge in [-0.25, -0.2) is 9.59 Å². The van der Waals surface area contributed by atoms with Crippen LogP contribution in [0.1, 0.15) is 44.9 Å². The van der Waals surface area contributed by atoms with Crippen molar-refractivity contribution in [2.45, 2.75) is 46.1 Å². The zero-order valence-electron chi connectivity index (χ0n) is 22.1. The minimum atomic E-state index is -1.10. The van der Waals surface area contributed by atoms with E-state index in [-0.39, 0.29) is 18.3 Å². The van der Waals surface area contributed by atoms with Gasteiger partial charge in [0.15, 0.2) is 17.7 Å². The van der Waals surface area contributed by atoms with E-state index in [2.05, 4.69) is 21.2 Å². The molecule has 11 heteroatoms. The summed E-state index contributed by atoms with van der Waals surface area (Å²) in [5, 5.41) is 19.7. The molecule has 0 radical (unpaired) electrons. The first kappa shape index (κ1) is 28.3. The van der Waals surface area contributed by atoms with E-state index >= 15 is 0 Å². The molecule has 0 saturated heterocycles. The number of esters is 1. The van der Waals surface area contributed by atoms with Gasteiger partial charge < -0.3 is 34.7 Å². The predicted octanol–water partition coefficient (Wildman–Crippen LogP) is 2.99. The lowest BCUT2D eigenvalue weighted by Gasteiger charge is -2.28. The van der Waals surface area contributed by atoms with Gasteiger partial charge in [-0.05, 0) is 63.1 Å². The summed E-state index contributed by atoms with van der Waals surface area (Å²) >= 11 is 0. The van der Waals surface area contributed by atoms with Crippen molar-refractivity contribution >= 4 is 18.2 Å². The first-order valence-corrected chi connectivity index (χ1v) is 12.2. The highest BCUT2D eigenvalue weighted by Crippen LogP contribution is 2.34. The van der Waals surface area contributed by atoms with E-state index in [0.29, 0.717) is 29.4 Å². The maximum absolute atomic E-state index is 12.4. The molecule has 11 nitrogen and oxygen atoms in total. The normalized spacial score (nSPS) is 16.1. The highest BCUT2D eigenvalue weighted by molar-refractivity contribution is 5.95. The first-order chi connectivity index (χ1) is 18.2. The zero-order valence-corrected chi connectivity index (χ0v) is 22.1. The summed E-state index contributed by atoms with van der Waals surface area (Å²) in [6.07, 6.45) is 0.526. The molecule has 0 saturated carbocycles. The van der Waals surface area contributed by atoms with Gasteiger partial charge in [0.25, 0.3) is 0 Å². The van der Waals surface area contributed by atoms with Crippen LogP contribution in [0.3, 0.4) is 0 Å². The third kappa shape index (κ3) is 7.62. The molecule has 0 aliphatic carbocycles. The number of hydrazone groups is 1. The summed E-state index contributed by atoms with van der Waals surface area (Å²) < 4.78 is 22.1. The molecule has 204 valence electrons. The molecule has 38 heavy (non-hydrogen) atoms. The Bertz CT molecular complexity index is 1200. The molecule has 0 spiro atoms. The van der Waals surface area contributed by atoms with E-state index in [1.807, 2.05) is 45.0 Å². The zero-order chi connectivity index (χ0) is 27.7. The summed E-state index contributed by atoms with van der Waals surface area (Å²) in [6, 6.07) is 11.3. The largest absolute Gasteiger partial charge is 0.491 e. The Balaban J connectivity index is 1.67. The molecule has 4 N–H and O–H groups in total. The van der Waals surface area contributed by atoms with Crippen LogP contribution in [0, 0.1) is 0 Å². The van der Waals surface area contributed by atoms with Crippen molar-refractivity contribution in [1.82, 2.24) is 16.1 Å². The van der Waals surface area contributed by atoms with Crippen LogP contribution in [0.25, 0.3) is 0 Å². The average molecular weight is 527 g/mol. The smallest absolute Gasteiger partial charge is 0.337 e. The van der Waals surface area contributed by atoms with Crippen molar-refractivity contribution in [3.8, 4) is 17.2 Å². The fourth-order valence-corrected chi connectivity index (χ4v) is 3.76. The lowest BCUT2D eigenvalue weighted by molar-refractivity contribution is -0.136. The number of benzene rings is 2. The van der Waals surface area contributed by atoms with Crippen LogP contribution in [0.5, 0.6) is 17.2 Å². The summed E-state index contributed by atoms with van der Waals surface area (Å²) in [5.74, 6) is 0.928. The number of amides is 2. The molecule has 0 unspecified atom stereocenters. The fraction of sp³-hybridized carbons (Fsp3) is 0.370. The van der Waals surface area contributed by atoms with E-state index in [0.717, 1.165) is 11.3 Å². The van der Waals surface area contributed by atoms with E-state index in [9.17, 15) is 14.7 Å². The molecule has 1 aliphatic heterocycles. The van der Waals surface area contributed by atoms with Gasteiger partial charge in [0.1, 0.15) is 12.4 Å². The Morgan fingerprint density at radius 2 is 1.97 bits per heavy atom. The van der Waals surface area contributed by atoms with Crippen molar-refractivity contribution in [2.75, 3.05) is 20.3 Å². The van der Waals surface area contributed by atoms with E-state index in [1.54, 1.807) is 31.3 Å². The van der Waals surface area contributed by atoms with Crippen LogP contribution in [-0.4, -0.2) is 56.0 Å². The molecule has 2 aromatic carbocycles. The number of aliphatic hydroxyl groups is 1. The number of allylic oxidation sites excluding steroid dienone is 1. The number of nitrogens with zero attached hydrogens (tertiary/aromatic N) is 1. The topological polar surface area (TPSA) is 140 Å². The lowest BCUT2D eigenvalue weighted by Crippen LogP contribution is -2.45. The van der Waals surface area contributed by atoms with Crippen LogP contribution in [0.2, 0.25) is 0 Å². The van der Waals surface area contributed by atoms with Gasteiger partial charge in [0.05, 0.1) is 37.7 Å². The van der Waals surface area contributed by atoms with Crippen LogP contribution in [-0.2, 0) is 9.53 Å². The van der Waals surface area contributed by atoms with Crippen molar-refractivity contribution in [1.29, 1.82) is 0 Å². The highest BCUT2D eigenvalue weighted by atomic mass is 16.5. The monoisotopic (exact) mass is 526 g/mol. The van der Waals surface area contributed by atoms with E-state index in [4.69, 9.17) is 18.9 Å². The highest BCUT2D eigenvalue weighted by Gasteiger charge is 2.32. The summed E-state index contributed by atoms with van der Waals surface area (Å²) in [6.45, 7) is 7.58. The molecule has 1 heterocycles. The second-order valence-corrected chi connectivity index (χ2v) is 8.65. The van der Waals surface area contributed by atoms with Gasteiger partial charge in [-0.3, -0.25) is 5.43 Å². The van der Waals surface area contributed by atoms with Gasteiger partial charge in [-0.2, -0.15) is 5.10 Å². The molecule has 0 bridgehead atoms. The van der Waals surface area contributed by atoms with Crippen molar-refractivity contribution in [3.63, 3.8) is 0 Å². The van der Waals surface area contributed by atoms with Gasteiger partial charge in [0.2, 0.25) is 0 Å². The van der Waals surface area contributed by atoms with Crippen molar-refractivity contribution in [3.05, 3.63) is 64.9 Å². The molecule has 0 aromatic heterocycles. The number of urea groups is 1. The van der Waals surface area contributed by atoms with Crippen LogP contribution in [0.15, 0.2) is 58.8 Å². The number of aliphatic hydroxyl groups excluding tert-OH is 1. The fourth-order valence-electron chi connectivity index (χ4n) is 3.76. The second-order valence-electron chi connectivity index (χ2n) is 8.65. The average Bonchev–Trinajstić information content (AvgIpc) is 2.87. The number of carbonyl (C=O) groups excluding carboxylic acids is 2. The lowest BCUT2D eigenvalue weighted by atomic mass is 9.95. The van der Waals surface area contributed by atoms with Gasteiger partial charge in [-0.15, -0.1) is 0 Å². The molecular formula is C27H34N4O7. The maximum atomic E-state index is 12.4. The summed E-state index contributed by atoms with van der Waals surface area (Å²) in [5.41, 5.74) is 4.70. The molecule has 2 aromatic rings. The summed E-state index contributed by atoms with van der Waals surface area (Å²) in [4.78, 5) is 24.5. The summed E-state index contributed by atoms with van der Waals surface area (Å²) in [7, 11) is 1.28. The Morgan fingerprint density at radius 3 is 2.68 bits per heavy atom. The van der Waals surface area contributed by atoms with E-state index < -0.39 is 24.3 Å². The van der Waals surface area contributed by atoms with Crippen LogP contribution in [0.4, 0.5) is 4.79 Å². The Hall–Kier alpha value is -4.25.